The Morgan fingerprint density at radius 2 is 2.19 bits per heavy atom. The maximum absolute atomic E-state index is 5.80. The zero-order chi connectivity index (χ0) is 11.2. The fraction of sp³-hybridized carbons (Fsp3) is 0.615. The van der Waals surface area contributed by atoms with Gasteiger partial charge >= 0.3 is 0 Å². The quantitative estimate of drug-likeness (QED) is 0.828. The van der Waals surface area contributed by atoms with Crippen molar-refractivity contribution < 1.29 is 4.74 Å². The Hall–Kier alpha value is -1.09. The number of ether oxygens (including phenoxy) is 1. The molecule has 0 radical (unpaired) electrons. The lowest BCUT2D eigenvalue weighted by atomic mass is 10.3. The molecule has 0 aromatic carbocycles. The molecule has 0 aliphatic heterocycles. The first kappa shape index (κ1) is 11.4. The van der Waals surface area contributed by atoms with Crippen molar-refractivity contribution in [1.29, 1.82) is 0 Å². The van der Waals surface area contributed by atoms with E-state index in [1.807, 2.05) is 12.3 Å². The van der Waals surface area contributed by atoms with Crippen molar-refractivity contribution in [1.82, 2.24) is 10.3 Å². The minimum Gasteiger partial charge on any atom is -0.474 e. The Labute approximate surface area is 97.2 Å². The molecule has 1 fully saturated rings. The van der Waals surface area contributed by atoms with Gasteiger partial charge in [0.05, 0.1) is 0 Å². The summed E-state index contributed by atoms with van der Waals surface area (Å²) < 4.78 is 5.80. The number of pyridine rings is 1. The van der Waals surface area contributed by atoms with Crippen LogP contribution in [0.5, 0.6) is 5.88 Å². The Morgan fingerprint density at radius 3 is 2.81 bits per heavy atom. The standard InChI is InChI=1S/C13H20N2O/c1-2-14-9-11-7-8-13(15-10-11)16-12-5-3-4-6-12/h7-8,10,12,14H,2-6,9H2,1H3. The van der Waals surface area contributed by atoms with E-state index in [4.69, 9.17) is 4.74 Å². The van der Waals surface area contributed by atoms with Crippen molar-refractivity contribution in [3.05, 3.63) is 23.9 Å². The van der Waals surface area contributed by atoms with Crippen LogP contribution in [-0.4, -0.2) is 17.6 Å². The van der Waals surface area contributed by atoms with Gasteiger partial charge in [0.25, 0.3) is 0 Å². The van der Waals surface area contributed by atoms with Gasteiger partial charge in [0, 0.05) is 18.8 Å². The minimum absolute atomic E-state index is 0.395. The molecule has 1 aliphatic carbocycles. The van der Waals surface area contributed by atoms with Crippen LogP contribution in [0.15, 0.2) is 18.3 Å². The molecule has 2 rings (SSSR count). The molecule has 0 unspecified atom stereocenters. The summed E-state index contributed by atoms with van der Waals surface area (Å²) in [6.45, 7) is 3.97. The highest BCUT2D eigenvalue weighted by atomic mass is 16.5. The predicted octanol–water partition coefficient (Wildman–Crippen LogP) is 2.51. The largest absolute Gasteiger partial charge is 0.474 e. The third-order valence-electron chi connectivity index (χ3n) is 2.97. The van der Waals surface area contributed by atoms with Gasteiger partial charge in [-0.3, -0.25) is 0 Å². The smallest absolute Gasteiger partial charge is 0.213 e. The molecule has 1 aliphatic rings. The van der Waals surface area contributed by atoms with Crippen LogP contribution in [0.1, 0.15) is 38.2 Å². The van der Waals surface area contributed by atoms with Crippen LogP contribution in [0.3, 0.4) is 0 Å². The zero-order valence-corrected chi connectivity index (χ0v) is 9.91. The number of nitrogens with one attached hydrogen (secondary N) is 1. The molecule has 0 saturated heterocycles. The Kier molecular flexibility index (Phi) is 4.17. The third kappa shape index (κ3) is 3.20. The van der Waals surface area contributed by atoms with Gasteiger partial charge in [-0.15, -0.1) is 0 Å². The lowest BCUT2D eigenvalue weighted by molar-refractivity contribution is 0.201. The number of aromatic nitrogens is 1. The second-order valence-corrected chi connectivity index (χ2v) is 4.31. The minimum atomic E-state index is 0.395. The molecule has 0 amide bonds. The summed E-state index contributed by atoms with van der Waals surface area (Å²) in [5.41, 5.74) is 1.21. The summed E-state index contributed by atoms with van der Waals surface area (Å²) >= 11 is 0. The van der Waals surface area contributed by atoms with Gasteiger partial charge in [0.2, 0.25) is 5.88 Å². The molecule has 16 heavy (non-hydrogen) atoms. The molecule has 88 valence electrons. The van der Waals surface area contributed by atoms with E-state index in [9.17, 15) is 0 Å². The summed E-state index contributed by atoms with van der Waals surface area (Å²) in [6, 6.07) is 4.06. The molecule has 1 heterocycles. The molecule has 0 spiro atoms. The summed E-state index contributed by atoms with van der Waals surface area (Å²) in [4.78, 5) is 4.33. The van der Waals surface area contributed by atoms with Crippen LogP contribution in [0.25, 0.3) is 0 Å². The molecule has 1 saturated carbocycles. The van der Waals surface area contributed by atoms with E-state index >= 15 is 0 Å². The fourth-order valence-corrected chi connectivity index (χ4v) is 2.03. The van der Waals surface area contributed by atoms with E-state index in [-0.39, 0.29) is 0 Å². The molecule has 1 N–H and O–H groups in total. The van der Waals surface area contributed by atoms with E-state index in [1.165, 1.54) is 31.2 Å². The average molecular weight is 220 g/mol. The Balaban J connectivity index is 1.86. The van der Waals surface area contributed by atoms with Crippen LogP contribution in [-0.2, 0) is 6.54 Å². The van der Waals surface area contributed by atoms with Crippen LogP contribution >= 0.6 is 0 Å². The van der Waals surface area contributed by atoms with Crippen molar-refractivity contribution in [2.24, 2.45) is 0 Å². The van der Waals surface area contributed by atoms with Crippen LogP contribution in [0.2, 0.25) is 0 Å². The Morgan fingerprint density at radius 1 is 1.38 bits per heavy atom. The van der Waals surface area contributed by atoms with Gasteiger partial charge in [0.15, 0.2) is 0 Å². The Bertz CT molecular complexity index is 304. The van der Waals surface area contributed by atoms with Gasteiger partial charge in [-0.05, 0) is 37.8 Å². The maximum atomic E-state index is 5.80. The molecule has 0 bridgehead atoms. The monoisotopic (exact) mass is 220 g/mol. The highest BCUT2D eigenvalue weighted by Gasteiger charge is 2.16. The lowest BCUT2D eigenvalue weighted by Gasteiger charge is -2.12. The molecular formula is C13H20N2O. The molecule has 3 heteroatoms. The van der Waals surface area contributed by atoms with E-state index in [1.54, 1.807) is 0 Å². The van der Waals surface area contributed by atoms with Gasteiger partial charge < -0.3 is 10.1 Å². The summed E-state index contributed by atoms with van der Waals surface area (Å²) in [6.07, 6.45) is 7.24. The van der Waals surface area contributed by atoms with Crippen LogP contribution in [0, 0.1) is 0 Å². The average Bonchev–Trinajstić information content (AvgIpc) is 2.81. The van der Waals surface area contributed by atoms with E-state index in [2.05, 4.69) is 23.3 Å². The number of hydrogen-bond acceptors (Lipinski definition) is 3. The summed E-state index contributed by atoms with van der Waals surface area (Å²) in [5.74, 6) is 0.771. The molecular weight excluding hydrogens is 200 g/mol. The van der Waals surface area contributed by atoms with Crippen molar-refractivity contribution in [2.45, 2.75) is 45.3 Å². The molecule has 1 aromatic heterocycles. The third-order valence-corrected chi connectivity index (χ3v) is 2.97. The SMILES string of the molecule is CCNCc1ccc(OC2CCCC2)nc1. The fourth-order valence-electron chi connectivity index (χ4n) is 2.03. The predicted molar refractivity (Wildman–Crippen MR) is 64.5 cm³/mol. The highest BCUT2D eigenvalue weighted by molar-refractivity contribution is 5.18. The first-order valence-corrected chi connectivity index (χ1v) is 6.21. The van der Waals surface area contributed by atoms with E-state index in [0.29, 0.717) is 6.10 Å². The van der Waals surface area contributed by atoms with Crippen molar-refractivity contribution >= 4 is 0 Å². The molecule has 3 nitrogen and oxygen atoms in total. The van der Waals surface area contributed by atoms with Gasteiger partial charge in [-0.2, -0.15) is 0 Å². The number of rotatable bonds is 5. The number of hydrogen-bond donors (Lipinski definition) is 1. The van der Waals surface area contributed by atoms with Crippen molar-refractivity contribution in [2.75, 3.05) is 6.54 Å². The van der Waals surface area contributed by atoms with E-state index in [0.717, 1.165) is 19.0 Å². The van der Waals surface area contributed by atoms with Gasteiger partial charge in [-0.25, -0.2) is 4.98 Å². The normalized spacial score (nSPS) is 16.6. The van der Waals surface area contributed by atoms with E-state index < -0.39 is 0 Å². The first-order chi connectivity index (χ1) is 7.88. The second-order valence-electron chi connectivity index (χ2n) is 4.31. The second kappa shape index (κ2) is 5.85. The lowest BCUT2D eigenvalue weighted by Crippen LogP contribution is -2.13. The van der Waals surface area contributed by atoms with Crippen molar-refractivity contribution in [3.8, 4) is 5.88 Å². The van der Waals surface area contributed by atoms with Crippen LogP contribution in [0.4, 0.5) is 0 Å². The van der Waals surface area contributed by atoms with Crippen molar-refractivity contribution in [3.63, 3.8) is 0 Å². The number of nitrogens with zero attached hydrogens (tertiary/aromatic N) is 1. The molecule has 0 atom stereocenters. The summed E-state index contributed by atoms with van der Waals surface area (Å²) in [7, 11) is 0. The molecule has 1 aromatic rings. The van der Waals surface area contributed by atoms with Crippen LogP contribution < -0.4 is 10.1 Å². The first-order valence-electron chi connectivity index (χ1n) is 6.21. The highest BCUT2D eigenvalue weighted by Crippen LogP contribution is 2.22. The maximum Gasteiger partial charge on any atom is 0.213 e. The topological polar surface area (TPSA) is 34.1 Å². The van der Waals surface area contributed by atoms with Gasteiger partial charge in [0.1, 0.15) is 6.10 Å². The summed E-state index contributed by atoms with van der Waals surface area (Å²) in [5, 5.41) is 3.28. The van der Waals surface area contributed by atoms with Gasteiger partial charge in [-0.1, -0.05) is 13.0 Å². The zero-order valence-electron chi connectivity index (χ0n) is 9.91.